The Morgan fingerprint density at radius 1 is 0.455 bits per heavy atom. The lowest BCUT2D eigenvalue weighted by Crippen LogP contribution is -2.45. The highest BCUT2D eigenvalue weighted by molar-refractivity contribution is 7.47. The Kier molecular flexibility index (Phi) is 54.4. The van der Waals surface area contributed by atoms with E-state index in [4.69, 9.17) is 9.05 Å². The number of rotatable bonds is 54. The van der Waals surface area contributed by atoms with E-state index in [0.29, 0.717) is 17.4 Å². The third kappa shape index (κ3) is 59.9. The van der Waals surface area contributed by atoms with Crippen LogP contribution in [0.4, 0.5) is 0 Å². The monoisotopic (exact) mass is 1090 g/mol. The standard InChI is InChI=1S/C68H115N2O6P/c1-6-8-10-12-14-16-18-20-22-24-26-27-28-29-30-31-32-33-34-35-36-37-38-39-40-41-42-43-44-46-48-50-52-54-56-58-60-62-68(72)69-66(65-76-77(73,74)75-64-63-70(3,4)5)67(71)61-59-57-55-53-51-49-47-45-25-23-21-19-17-15-13-11-9-7-2/h8,10,14,16,20,22,25-27,29-30,32-33,35-36,38-39,41-42,45,51,53,59,61,66-67,71H,6-7,9,11-13,15,17-19,21,23-24,28,31,34,37,40,43-44,46-50,52,54-58,60,62-65H2,1-5H3,(H-,69,72,73,74)/p+1/b10-8-,16-14-,22-20-,27-26-,30-29-,33-32-,36-35-,39-38-,42-41-,45-25+,53-51+,61-59+. The first kappa shape index (κ1) is 73.4. The first-order chi connectivity index (χ1) is 37.5. The Morgan fingerprint density at radius 3 is 1.19 bits per heavy atom. The van der Waals surface area contributed by atoms with E-state index < -0.39 is 20.0 Å². The largest absolute Gasteiger partial charge is 0.472 e. The van der Waals surface area contributed by atoms with Gasteiger partial charge in [0.25, 0.3) is 0 Å². The maximum atomic E-state index is 13.0. The number of allylic oxidation sites excluding steroid dienone is 23. The maximum absolute atomic E-state index is 13.0. The number of carbonyl (C=O) groups is 1. The van der Waals surface area contributed by atoms with Gasteiger partial charge in [-0.3, -0.25) is 13.8 Å². The molecule has 0 aromatic carbocycles. The van der Waals surface area contributed by atoms with Gasteiger partial charge >= 0.3 is 7.82 Å². The van der Waals surface area contributed by atoms with Gasteiger partial charge in [0.2, 0.25) is 5.91 Å². The molecule has 3 unspecified atom stereocenters. The van der Waals surface area contributed by atoms with Gasteiger partial charge in [-0.15, -0.1) is 0 Å². The Bertz CT molecular complexity index is 1760. The van der Waals surface area contributed by atoms with E-state index >= 15 is 0 Å². The van der Waals surface area contributed by atoms with Crippen LogP contribution in [0.5, 0.6) is 0 Å². The van der Waals surface area contributed by atoms with E-state index in [2.05, 4.69) is 153 Å². The van der Waals surface area contributed by atoms with Gasteiger partial charge in [-0.25, -0.2) is 4.57 Å². The summed E-state index contributed by atoms with van der Waals surface area (Å²) in [7, 11) is 1.52. The van der Waals surface area contributed by atoms with Crippen LogP contribution in [0.2, 0.25) is 0 Å². The average molecular weight is 1090 g/mol. The van der Waals surface area contributed by atoms with E-state index in [0.717, 1.165) is 116 Å². The number of nitrogens with zero attached hydrogens (tertiary/aromatic N) is 1. The number of quaternary nitrogens is 1. The minimum atomic E-state index is -4.37. The molecule has 1 amide bonds. The number of likely N-dealkylation sites (N-methyl/N-ethyl adjacent to an activating group) is 1. The van der Waals surface area contributed by atoms with Crippen molar-refractivity contribution in [1.29, 1.82) is 0 Å². The molecule has 0 aromatic rings. The second kappa shape index (κ2) is 57.1. The van der Waals surface area contributed by atoms with Crippen LogP contribution in [0.1, 0.15) is 226 Å². The van der Waals surface area contributed by atoms with Crippen LogP contribution in [-0.2, 0) is 18.4 Å². The van der Waals surface area contributed by atoms with E-state index in [9.17, 15) is 19.4 Å². The molecular weight excluding hydrogens is 972 g/mol. The quantitative estimate of drug-likeness (QED) is 0.0243. The van der Waals surface area contributed by atoms with Crippen LogP contribution >= 0.6 is 7.82 Å². The summed E-state index contributed by atoms with van der Waals surface area (Å²) in [5.41, 5.74) is 0. The van der Waals surface area contributed by atoms with E-state index in [1.54, 1.807) is 6.08 Å². The van der Waals surface area contributed by atoms with E-state index in [-0.39, 0.29) is 19.1 Å². The fraction of sp³-hybridized carbons (Fsp3) is 0.632. The molecule has 0 rings (SSSR count). The summed E-state index contributed by atoms with van der Waals surface area (Å²) in [5.74, 6) is -0.204. The van der Waals surface area contributed by atoms with Crippen LogP contribution in [-0.4, -0.2) is 73.4 Å². The molecule has 0 aromatic heterocycles. The Hall–Kier alpha value is -3.62. The number of phosphoric acid groups is 1. The zero-order valence-corrected chi connectivity index (χ0v) is 50.8. The predicted molar refractivity (Wildman–Crippen MR) is 336 cm³/mol. The molecule has 0 heterocycles. The lowest BCUT2D eigenvalue weighted by atomic mass is 10.1. The minimum Gasteiger partial charge on any atom is -0.387 e. The van der Waals surface area contributed by atoms with Crippen molar-refractivity contribution >= 4 is 13.7 Å². The summed E-state index contributed by atoms with van der Waals surface area (Å²) in [4.78, 5) is 23.3. The first-order valence-corrected chi connectivity index (χ1v) is 32.2. The van der Waals surface area contributed by atoms with Gasteiger partial charge in [0.15, 0.2) is 0 Å². The zero-order chi connectivity index (χ0) is 56.3. The number of unbranched alkanes of at least 4 members (excludes halogenated alkanes) is 19. The van der Waals surface area contributed by atoms with Gasteiger partial charge < -0.3 is 19.8 Å². The number of carbonyl (C=O) groups excluding carboxylic acids is 1. The van der Waals surface area contributed by atoms with Gasteiger partial charge in [0, 0.05) is 6.42 Å². The van der Waals surface area contributed by atoms with Crippen LogP contribution in [0, 0.1) is 0 Å². The van der Waals surface area contributed by atoms with Crippen molar-refractivity contribution < 1.29 is 32.9 Å². The van der Waals surface area contributed by atoms with Crippen LogP contribution in [0.3, 0.4) is 0 Å². The molecule has 0 radical (unpaired) electrons. The van der Waals surface area contributed by atoms with Crippen molar-refractivity contribution in [3.63, 3.8) is 0 Å². The second-order valence-electron chi connectivity index (χ2n) is 21.3. The van der Waals surface area contributed by atoms with Crippen LogP contribution in [0.15, 0.2) is 146 Å². The molecular formula is C68H116N2O6P+. The summed E-state index contributed by atoms with van der Waals surface area (Å²) < 4.78 is 23.7. The molecule has 0 aliphatic heterocycles. The van der Waals surface area contributed by atoms with Gasteiger partial charge in [-0.05, 0) is 116 Å². The fourth-order valence-corrected chi connectivity index (χ4v) is 8.74. The summed E-state index contributed by atoms with van der Waals surface area (Å²) in [6, 6.07) is -0.884. The molecule has 9 heteroatoms. The summed E-state index contributed by atoms with van der Waals surface area (Å²) in [6.07, 6.45) is 88.1. The highest BCUT2D eigenvalue weighted by atomic mass is 31.2. The molecule has 438 valence electrons. The number of phosphoric ester groups is 1. The molecule has 0 fully saturated rings. The van der Waals surface area contributed by atoms with Gasteiger partial charge in [0.1, 0.15) is 13.2 Å². The maximum Gasteiger partial charge on any atom is 0.472 e. The lowest BCUT2D eigenvalue weighted by Gasteiger charge is -2.25. The first-order valence-electron chi connectivity index (χ1n) is 30.7. The average Bonchev–Trinajstić information content (AvgIpc) is 3.39. The predicted octanol–water partition coefficient (Wildman–Crippen LogP) is 19.3. The molecule has 0 bridgehead atoms. The Balaban J connectivity index is 4.22. The van der Waals surface area contributed by atoms with Gasteiger partial charge in [0.05, 0.1) is 39.9 Å². The number of hydrogen-bond acceptors (Lipinski definition) is 5. The van der Waals surface area contributed by atoms with Crippen LogP contribution < -0.4 is 5.32 Å². The number of amides is 1. The lowest BCUT2D eigenvalue weighted by molar-refractivity contribution is -0.870. The molecule has 0 spiro atoms. The SMILES string of the molecule is CC/C=C\C/C=C\C/C=C\C/C=C\C/C=C\C/C=C\C/C=C\C/C=C\C/C=C\CCCCCCCCCCCC(=O)NC(COP(=O)(O)OCC[N+](C)(C)C)C(O)/C=C/CC/C=C/CC/C=C/CCCCCCCCCC. The molecule has 0 saturated carbocycles. The Morgan fingerprint density at radius 2 is 0.792 bits per heavy atom. The third-order valence-corrected chi connectivity index (χ3v) is 13.8. The van der Waals surface area contributed by atoms with Crippen molar-refractivity contribution in [3.05, 3.63) is 146 Å². The van der Waals surface area contributed by atoms with Crippen molar-refractivity contribution in [2.24, 2.45) is 0 Å². The molecule has 0 saturated heterocycles. The summed E-state index contributed by atoms with van der Waals surface area (Å²) in [6.45, 7) is 4.65. The van der Waals surface area contributed by atoms with Crippen molar-refractivity contribution in [2.75, 3.05) is 40.9 Å². The number of aliphatic hydroxyl groups is 1. The van der Waals surface area contributed by atoms with Crippen molar-refractivity contribution in [3.8, 4) is 0 Å². The molecule has 0 aliphatic rings. The highest BCUT2D eigenvalue weighted by Crippen LogP contribution is 2.43. The molecule has 77 heavy (non-hydrogen) atoms. The van der Waals surface area contributed by atoms with Gasteiger partial charge in [-0.1, -0.05) is 250 Å². The minimum absolute atomic E-state index is 0.0449. The second-order valence-corrected chi connectivity index (χ2v) is 22.8. The topological polar surface area (TPSA) is 105 Å². The van der Waals surface area contributed by atoms with Crippen molar-refractivity contribution in [1.82, 2.24) is 5.32 Å². The molecule has 8 nitrogen and oxygen atoms in total. The third-order valence-electron chi connectivity index (χ3n) is 12.8. The molecule has 3 N–H and O–H groups in total. The van der Waals surface area contributed by atoms with E-state index in [1.807, 2.05) is 27.2 Å². The molecule has 0 aliphatic carbocycles. The number of hydrogen-bond donors (Lipinski definition) is 3. The van der Waals surface area contributed by atoms with Crippen molar-refractivity contribution in [2.45, 2.75) is 238 Å². The van der Waals surface area contributed by atoms with Gasteiger partial charge in [-0.2, -0.15) is 0 Å². The highest BCUT2D eigenvalue weighted by Gasteiger charge is 2.27. The fourth-order valence-electron chi connectivity index (χ4n) is 8.01. The summed E-state index contributed by atoms with van der Waals surface area (Å²) in [5, 5.41) is 13.9. The number of nitrogens with one attached hydrogen (secondary N) is 1. The summed E-state index contributed by atoms with van der Waals surface area (Å²) >= 11 is 0. The zero-order valence-electron chi connectivity index (χ0n) is 49.9. The number of aliphatic hydroxyl groups excluding tert-OH is 1. The van der Waals surface area contributed by atoms with Crippen LogP contribution in [0.25, 0.3) is 0 Å². The smallest absolute Gasteiger partial charge is 0.387 e. The normalized spacial score (nSPS) is 14.8. The molecule has 3 atom stereocenters. The van der Waals surface area contributed by atoms with E-state index in [1.165, 1.54) is 89.9 Å². The Labute approximate surface area is 474 Å².